The van der Waals surface area contributed by atoms with Gasteiger partial charge in [-0.05, 0) is 37.1 Å². The Morgan fingerprint density at radius 1 is 1.25 bits per heavy atom. The first-order valence-corrected chi connectivity index (χ1v) is 10.9. The Morgan fingerprint density at radius 2 is 2.07 bits per heavy atom. The van der Waals surface area contributed by atoms with Crippen LogP contribution < -0.4 is 4.74 Å². The first kappa shape index (κ1) is 17.9. The van der Waals surface area contributed by atoms with Crippen LogP contribution in [-0.4, -0.2) is 32.3 Å². The molecule has 0 saturated heterocycles. The lowest BCUT2D eigenvalue weighted by Gasteiger charge is -2.30. The van der Waals surface area contributed by atoms with E-state index in [9.17, 15) is 0 Å². The monoisotopic (exact) mass is 412 g/mol. The Bertz CT molecular complexity index is 1160. The zero-order valence-electron chi connectivity index (χ0n) is 15.9. The molecule has 0 N–H and O–H groups in total. The summed E-state index contributed by atoms with van der Waals surface area (Å²) in [5.41, 5.74) is 3.24. The van der Waals surface area contributed by atoms with E-state index in [0.717, 1.165) is 38.9 Å². The molecule has 1 aliphatic rings. The zero-order valence-corrected chi connectivity index (χ0v) is 17.6. The van der Waals surface area contributed by atoms with Gasteiger partial charge in [0, 0.05) is 17.1 Å². The summed E-state index contributed by atoms with van der Waals surface area (Å²) in [4.78, 5) is 6.96. The van der Waals surface area contributed by atoms with Crippen molar-refractivity contribution in [1.82, 2.24) is 19.6 Å². The third-order valence-corrected chi connectivity index (χ3v) is 7.10. The standard InChI is InChI=1S/C20H20N4O2S2/c1-20(2)8-14-15(9-26-20)28-18-16(14)17-22-23-19(24(17)11-21-18)27-10-12-4-6-13(25-3)7-5-12/h4-7,11H,8-10H2,1-3H3. The van der Waals surface area contributed by atoms with Crippen LogP contribution >= 0.6 is 23.1 Å². The fourth-order valence-corrected chi connectivity index (χ4v) is 5.41. The number of aromatic nitrogens is 4. The molecule has 144 valence electrons. The van der Waals surface area contributed by atoms with Gasteiger partial charge in [0.25, 0.3) is 0 Å². The molecule has 4 heterocycles. The predicted octanol–water partition coefficient (Wildman–Crippen LogP) is 4.49. The van der Waals surface area contributed by atoms with Crippen LogP contribution in [0.1, 0.15) is 29.9 Å². The van der Waals surface area contributed by atoms with Gasteiger partial charge in [0.05, 0.1) is 24.7 Å². The summed E-state index contributed by atoms with van der Waals surface area (Å²) in [6.45, 7) is 4.91. The van der Waals surface area contributed by atoms with E-state index in [1.54, 1.807) is 30.2 Å². The smallest absolute Gasteiger partial charge is 0.197 e. The van der Waals surface area contributed by atoms with Gasteiger partial charge >= 0.3 is 0 Å². The number of fused-ring (bicyclic) bond motifs is 5. The molecule has 1 aliphatic heterocycles. The van der Waals surface area contributed by atoms with Crippen molar-refractivity contribution in [3.63, 3.8) is 0 Å². The van der Waals surface area contributed by atoms with E-state index in [1.165, 1.54) is 16.0 Å². The summed E-state index contributed by atoms with van der Waals surface area (Å²) in [6, 6.07) is 8.10. The molecule has 0 fully saturated rings. The Morgan fingerprint density at radius 3 is 2.86 bits per heavy atom. The van der Waals surface area contributed by atoms with Crippen molar-refractivity contribution >= 4 is 39.0 Å². The third kappa shape index (κ3) is 3.05. The molecule has 6 nitrogen and oxygen atoms in total. The lowest BCUT2D eigenvalue weighted by atomic mass is 9.94. The van der Waals surface area contributed by atoms with Gasteiger partial charge < -0.3 is 9.47 Å². The number of hydrogen-bond acceptors (Lipinski definition) is 7. The highest BCUT2D eigenvalue weighted by atomic mass is 32.2. The first-order chi connectivity index (χ1) is 13.5. The van der Waals surface area contributed by atoms with Crippen molar-refractivity contribution < 1.29 is 9.47 Å². The second-order valence-electron chi connectivity index (χ2n) is 7.47. The maximum Gasteiger partial charge on any atom is 0.197 e. The molecule has 4 aromatic rings. The van der Waals surface area contributed by atoms with Crippen molar-refractivity contribution in [2.24, 2.45) is 0 Å². The van der Waals surface area contributed by atoms with Crippen molar-refractivity contribution in [3.8, 4) is 5.75 Å². The maximum atomic E-state index is 5.97. The van der Waals surface area contributed by atoms with Crippen molar-refractivity contribution in [3.05, 3.63) is 46.6 Å². The van der Waals surface area contributed by atoms with Crippen molar-refractivity contribution in [2.45, 2.75) is 43.4 Å². The van der Waals surface area contributed by atoms with Gasteiger partial charge in [-0.15, -0.1) is 21.5 Å². The van der Waals surface area contributed by atoms with E-state index < -0.39 is 0 Å². The Kier molecular flexibility index (Phi) is 4.30. The summed E-state index contributed by atoms with van der Waals surface area (Å²) in [5.74, 6) is 1.67. The molecule has 0 bridgehead atoms. The van der Waals surface area contributed by atoms with Gasteiger partial charge in [-0.1, -0.05) is 23.9 Å². The molecule has 0 atom stereocenters. The van der Waals surface area contributed by atoms with Gasteiger partial charge in [0.2, 0.25) is 0 Å². The number of rotatable bonds is 4. The minimum absolute atomic E-state index is 0.167. The summed E-state index contributed by atoms with van der Waals surface area (Å²) >= 11 is 3.36. The first-order valence-electron chi connectivity index (χ1n) is 9.08. The molecule has 5 rings (SSSR count). The fourth-order valence-electron chi connectivity index (χ4n) is 3.49. The summed E-state index contributed by atoms with van der Waals surface area (Å²) in [6.07, 6.45) is 2.70. The molecule has 0 saturated carbocycles. The van der Waals surface area contributed by atoms with Crippen molar-refractivity contribution in [2.75, 3.05) is 7.11 Å². The normalized spacial score (nSPS) is 15.8. The number of ether oxygens (including phenoxy) is 2. The predicted molar refractivity (Wildman–Crippen MR) is 111 cm³/mol. The quantitative estimate of drug-likeness (QED) is 0.460. The fraction of sp³-hybridized carbons (Fsp3) is 0.350. The van der Waals surface area contributed by atoms with Crippen LogP contribution in [0.25, 0.3) is 15.9 Å². The molecule has 0 amide bonds. The highest BCUT2D eigenvalue weighted by molar-refractivity contribution is 7.98. The largest absolute Gasteiger partial charge is 0.497 e. The van der Waals surface area contributed by atoms with Gasteiger partial charge in [0.15, 0.2) is 10.8 Å². The van der Waals surface area contributed by atoms with Crippen molar-refractivity contribution in [1.29, 1.82) is 0 Å². The molecule has 3 aromatic heterocycles. The minimum Gasteiger partial charge on any atom is -0.497 e. The number of benzene rings is 1. The van der Waals surface area contributed by atoms with E-state index in [4.69, 9.17) is 9.47 Å². The lowest BCUT2D eigenvalue weighted by molar-refractivity contribution is -0.0379. The van der Waals surface area contributed by atoms with Crippen LogP contribution in [0.2, 0.25) is 0 Å². The number of hydrogen-bond donors (Lipinski definition) is 0. The Balaban J connectivity index is 1.50. The molecule has 8 heteroatoms. The molecular weight excluding hydrogens is 392 g/mol. The summed E-state index contributed by atoms with van der Waals surface area (Å²) < 4.78 is 13.2. The van der Waals surface area contributed by atoms with Crippen LogP contribution in [0.4, 0.5) is 0 Å². The van der Waals surface area contributed by atoms with Gasteiger partial charge in [-0.3, -0.25) is 4.40 Å². The number of nitrogens with zero attached hydrogens (tertiary/aromatic N) is 4. The maximum absolute atomic E-state index is 5.97. The number of methoxy groups -OCH3 is 1. The molecule has 1 aromatic carbocycles. The van der Waals surface area contributed by atoms with Crippen LogP contribution in [0.5, 0.6) is 5.75 Å². The van der Waals surface area contributed by atoms with Crippen LogP contribution in [0.3, 0.4) is 0 Å². The molecule has 28 heavy (non-hydrogen) atoms. The SMILES string of the molecule is COc1ccc(CSc2nnc3c4c5c(sc4ncn23)COC(C)(C)C5)cc1. The van der Waals surface area contributed by atoms with E-state index >= 15 is 0 Å². The topological polar surface area (TPSA) is 61.5 Å². The Labute approximate surface area is 170 Å². The highest BCUT2D eigenvalue weighted by Gasteiger charge is 2.30. The van der Waals surface area contributed by atoms with Crippen LogP contribution in [-0.2, 0) is 23.5 Å². The van der Waals surface area contributed by atoms with Gasteiger partial charge in [0.1, 0.15) is 16.9 Å². The average molecular weight is 413 g/mol. The van der Waals surface area contributed by atoms with Crippen LogP contribution in [0.15, 0.2) is 35.7 Å². The van der Waals surface area contributed by atoms with E-state index in [2.05, 4.69) is 41.2 Å². The zero-order chi connectivity index (χ0) is 19.3. The molecule has 0 radical (unpaired) electrons. The molecular formula is C20H20N4O2S2. The van der Waals surface area contributed by atoms with Gasteiger partial charge in [-0.25, -0.2) is 4.98 Å². The number of thiophene rings is 1. The summed E-state index contributed by atoms with van der Waals surface area (Å²) in [5, 5.41) is 10.9. The average Bonchev–Trinajstić information content (AvgIpc) is 3.26. The van der Waals surface area contributed by atoms with Gasteiger partial charge in [-0.2, -0.15) is 0 Å². The molecule has 0 unspecified atom stereocenters. The van der Waals surface area contributed by atoms with E-state index in [0.29, 0.717) is 6.61 Å². The van der Waals surface area contributed by atoms with Crippen LogP contribution in [0, 0.1) is 0 Å². The Hall–Kier alpha value is -2.16. The summed E-state index contributed by atoms with van der Waals surface area (Å²) in [7, 11) is 1.68. The molecule has 0 spiro atoms. The highest BCUT2D eigenvalue weighted by Crippen LogP contribution is 2.40. The minimum atomic E-state index is -0.167. The molecule has 0 aliphatic carbocycles. The van der Waals surface area contributed by atoms with E-state index in [-0.39, 0.29) is 5.60 Å². The lowest BCUT2D eigenvalue weighted by Crippen LogP contribution is -2.31. The van der Waals surface area contributed by atoms with E-state index in [1.807, 2.05) is 22.9 Å². The second-order valence-corrected chi connectivity index (χ2v) is 9.49. The number of thioether (sulfide) groups is 1. The second kappa shape index (κ2) is 6.72. The third-order valence-electron chi connectivity index (χ3n) is 4.97.